The van der Waals surface area contributed by atoms with Crippen LogP contribution in [0.25, 0.3) is 0 Å². The molecule has 0 saturated carbocycles. The predicted octanol–water partition coefficient (Wildman–Crippen LogP) is 4.59. The van der Waals surface area contributed by atoms with Gasteiger partial charge in [-0.15, -0.1) is 0 Å². The lowest BCUT2D eigenvalue weighted by Gasteiger charge is -2.22. The molecular formula is C12H26S. The van der Waals surface area contributed by atoms with Gasteiger partial charge in [0.05, 0.1) is 0 Å². The maximum atomic E-state index is 2.33. The summed E-state index contributed by atoms with van der Waals surface area (Å²) in [4.78, 5) is 0. The average molecular weight is 202 g/mol. The van der Waals surface area contributed by atoms with Crippen molar-refractivity contribution in [3.63, 3.8) is 0 Å². The Hall–Kier alpha value is 0.350. The first-order valence-electron chi connectivity index (χ1n) is 5.57. The Bertz CT molecular complexity index is 92.5. The molecule has 1 heteroatoms. The molecule has 0 fully saturated rings. The number of hydrogen-bond acceptors (Lipinski definition) is 1. The van der Waals surface area contributed by atoms with Crippen LogP contribution in [0.15, 0.2) is 0 Å². The Morgan fingerprint density at radius 2 is 1.15 bits per heavy atom. The van der Waals surface area contributed by atoms with Crippen molar-refractivity contribution in [1.82, 2.24) is 0 Å². The fourth-order valence-corrected chi connectivity index (χ4v) is 3.41. The van der Waals surface area contributed by atoms with Gasteiger partial charge < -0.3 is 0 Å². The first-order valence-corrected chi connectivity index (χ1v) is 6.51. The molecule has 0 aromatic heterocycles. The number of rotatable bonds is 6. The third-order valence-electron chi connectivity index (χ3n) is 1.93. The highest BCUT2D eigenvalue weighted by molar-refractivity contribution is 8.00. The van der Waals surface area contributed by atoms with E-state index in [0.717, 1.165) is 22.3 Å². The van der Waals surface area contributed by atoms with Crippen LogP contribution < -0.4 is 0 Å². The van der Waals surface area contributed by atoms with E-state index in [0.29, 0.717) is 0 Å². The minimum absolute atomic E-state index is 0.780. The molecule has 0 atom stereocenters. The third-order valence-corrected chi connectivity index (χ3v) is 3.25. The van der Waals surface area contributed by atoms with Crippen molar-refractivity contribution in [2.75, 3.05) is 0 Å². The lowest BCUT2D eigenvalue weighted by Crippen LogP contribution is -2.12. The molecule has 0 aromatic rings. The van der Waals surface area contributed by atoms with E-state index in [-0.39, 0.29) is 0 Å². The predicted molar refractivity (Wildman–Crippen MR) is 65.4 cm³/mol. The molecule has 0 aromatic carbocycles. The summed E-state index contributed by atoms with van der Waals surface area (Å²) < 4.78 is 0. The highest BCUT2D eigenvalue weighted by atomic mass is 32.2. The summed E-state index contributed by atoms with van der Waals surface area (Å²) in [6.45, 7) is 13.9. The molecule has 0 aliphatic heterocycles. The van der Waals surface area contributed by atoms with Crippen LogP contribution in [0.5, 0.6) is 0 Å². The molecule has 13 heavy (non-hydrogen) atoms. The Balaban J connectivity index is 3.87. The topological polar surface area (TPSA) is 0 Å². The van der Waals surface area contributed by atoms with E-state index >= 15 is 0 Å². The standard InChI is InChI=1S/C12H26S/c1-9(2)7-12(8-10(3)4)13-11(5)6/h9-12H,7-8H2,1-6H3. The summed E-state index contributed by atoms with van der Waals surface area (Å²) in [5.74, 6) is 1.69. The number of thioether (sulfide) groups is 1. The van der Waals surface area contributed by atoms with Gasteiger partial charge in [0.25, 0.3) is 0 Å². The van der Waals surface area contributed by atoms with Gasteiger partial charge in [0, 0.05) is 5.25 Å². The van der Waals surface area contributed by atoms with Crippen LogP contribution in [0.1, 0.15) is 54.4 Å². The van der Waals surface area contributed by atoms with E-state index in [1.807, 2.05) is 0 Å². The van der Waals surface area contributed by atoms with Crippen LogP contribution in [0.3, 0.4) is 0 Å². The Kier molecular flexibility index (Phi) is 6.93. The van der Waals surface area contributed by atoms with Crippen molar-refractivity contribution < 1.29 is 0 Å². The lowest BCUT2D eigenvalue weighted by molar-refractivity contribution is 0.491. The fraction of sp³-hybridized carbons (Fsp3) is 1.00. The molecule has 0 amide bonds. The monoisotopic (exact) mass is 202 g/mol. The molecule has 0 spiro atoms. The first-order chi connectivity index (χ1) is 5.91. The van der Waals surface area contributed by atoms with Gasteiger partial charge >= 0.3 is 0 Å². The molecule has 0 heterocycles. The van der Waals surface area contributed by atoms with Crippen LogP contribution in [-0.2, 0) is 0 Å². The maximum Gasteiger partial charge on any atom is 0.00544 e. The Labute approximate surface area is 88.9 Å². The van der Waals surface area contributed by atoms with E-state index in [1.54, 1.807) is 0 Å². The van der Waals surface area contributed by atoms with Crippen molar-refractivity contribution in [2.45, 2.75) is 64.9 Å². The summed E-state index contributed by atoms with van der Waals surface area (Å²) in [6, 6.07) is 0. The third kappa shape index (κ3) is 8.67. The fourth-order valence-electron chi connectivity index (χ4n) is 1.64. The highest BCUT2D eigenvalue weighted by Crippen LogP contribution is 2.28. The first kappa shape index (κ1) is 13.4. The normalized spacial score (nSPS) is 12.5. The molecule has 0 rings (SSSR count). The molecular weight excluding hydrogens is 176 g/mol. The van der Waals surface area contributed by atoms with Crippen LogP contribution in [0, 0.1) is 11.8 Å². The van der Waals surface area contributed by atoms with E-state index < -0.39 is 0 Å². The summed E-state index contributed by atoms with van der Waals surface area (Å²) in [6.07, 6.45) is 2.75. The van der Waals surface area contributed by atoms with Gasteiger partial charge in [-0.25, -0.2) is 0 Å². The molecule has 0 bridgehead atoms. The Morgan fingerprint density at radius 3 is 1.38 bits per heavy atom. The molecule has 0 unspecified atom stereocenters. The minimum Gasteiger partial charge on any atom is -0.156 e. The van der Waals surface area contributed by atoms with Gasteiger partial charge in [-0.05, 0) is 29.9 Å². The number of hydrogen-bond donors (Lipinski definition) is 0. The summed E-state index contributed by atoms with van der Waals surface area (Å²) in [5, 5.41) is 1.66. The second-order valence-corrected chi connectivity index (χ2v) is 6.95. The highest BCUT2D eigenvalue weighted by Gasteiger charge is 2.14. The minimum atomic E-state index is 0.780. The zero-order valence-corrected chi connectivity index (χ0v) is 10.9. The molecule has 0 N–H and O–H groups in total. The second-order valence-electron chi connectivity index (χ2n) is 5.07. The van der Waals surface area contributed by atoms with Gasteiger partial charge in [0.15, 0.2) is 0 Å². The average Bonchev–Trinajstić information content (AvgIpc) is 1.80. The lowest BCUT2D eigenvalue weighted by atomic mass is 10.0. The smallest absolute Gasteiger partial charge is 0.00544 e. The largest absolute Gasteiger partial charge is 0.156 e. The summed E-state index contributed by atoms with van der Waals surface area (Å²) in [7, 11) is 0. The van der Waals surface area contributed by atoms with Crippen LogP contribution in [0.4, 0.5) is 0 Å². The van der Waals surface area contributed by atoms with Gasteiger partial charge in [-0.2, -0.15) is 11.8 Å². The molecule has 80 valence electrons. The maximum absolute atomic E-state index is 2.33. The van der Waals surface area contributed by atoms with E-state index in [1.165, 1.54) is 12.8 Å². The Morgan fingerprint density at radius 1 is 0.769 bits per heavy atom. The summed E-state index contributed by atoms with van der Waals surface area (Å²) in [5.41, 5.74) is 0. The SMILES string of the molecule is CC(C)CC(CC(C)C)SC(C)C. The van der Waals surface area contributed by atoms with E-state index in [9.17, 15) is 0 Å². The van der Waals surface area contributed by atoms with E-state index in [4.69, 9.17) is 0 Å². The van der Waals surface area contributed by atoms with Crippen molar-refractivity contribution >= 4 is 11.8 Å². The molecule has 0 radical (unpaired) electrons. The van der Waals surface area contributed by atoms with Gasteiger partial charge in [-0.1, -0.05) is 41.5 Å². The molecule has 0 saturated heterocycles. The second kappa shape index (κ2) is 6.75. The zero-order chi connectivity index (χ0) is 10.4. The van der Waals surface area contributed by atoms with Crippen LogP contribution >= 0.6 is 11.8 Å². The van der Waals surface area contributed by atoms with Crippen molar-refractivity contribution in [3.05, 3.63) is 0 Å². The van der Waals surface area contributed by atoms with Crippen molar-refractivity contribution in [3.8, 4) is 0 Å². The summed E-state index contributed by atoms with van der Waals surface area (Å²) >= 11 is 2.16. The molecule has 0 aliphatic carbocycles. The molecule has 0 nitrogen and oxygen atoms in total. The van der Waals surface area contributed by atoms with Gasteiger partial charge in [-0.3, -0.25) is 0 Å². The zero-order valence-electron chi connectivity index (χ0n) is 10.1. The van der Waals surface area contributed by atoms with Crippen molar-refractivity contribution in [2.24, 2.45) is 11.8 Å². The van der Waals surface area contributed by atoms with Gasteiger partial charge in [0.1, 0.15) is 0 Å². The van der Waals surface area contributed by atoms with Gasteiger partial charge in [0.2, 0.25) is 0 Å². The van der Waals surface area contributed by atoms with Crippen LogP contribution in [0.2, 0.25) is 0 Å². The quantitative estimate of drug-likeness (QED) is 0.607. The van der Waals surface area contributed by atoms with Crippen molar-refractivity contribution in [1.29, 1.82) is 0 Å². The van der Waals surface area contributed by atoms with E-state index in [2.05, 4.69) is 53.3 Å². The molecule has 0 aliphatic rings. The van der Waals surface area contributed by atoms with Crippen LogP contribution in [-0.4, -0.2) is 10.5 Å².